The molecule has 0 radical (unpaired) electrons. The van der Waals surface area contributed by atoms with Crippen molar-refractivity contribution in [3.63, 3.8) is 0 Å². The van der Waals surface area contributed by atoms with Crippen LogP contribution in [0, 0.1) is 0 Å². The van der Waals surface area contributed by atoms with E-state index in [1.165, 1.54) is 0 Å². The van der Waals surface area contributed by atoms with Gasteiger partial charge in [0.15, 0.2) is 5.82 Å². The number of hydrogen-bond donors (Lipinski definition) is 2. The van der Waals surface area contributed by atoms with Crippen molar-refractivity contribution >= 4 is 11.7 Å². The number of carbonyl (C=O) groups is 1. The zero-order valence-corrected chi connectivity index (χ0v) is 12.3. The fourth-order valence-corrected chi connectivity index (χ4v) is 1.97. The quantitative estimate of drug-likeness (QED) is 0.663. The van der Waals surface area contributed by atoms with E-state index in [0.29, 0.717) is 24.6 Å². The van der Waals surface area contributed by atoms with Crippen molar-refractivity contribution in [2.75, 3.05) is 11.9 Å². The summed E-state index contributed by atoms with van der Waals surface area (Å²) >= 11 is 0. The zero-order chi connectivity index (χ0) is 15.9. The van der Waals surface area contributed by atoms with Gasteiger partial charge in [-0.15, -0.1) is 5.10 Å². The molecule has 0 saturated heterocycles. The summed E-state index contributed by atoms with van der Waals surface area (Å²) in [6, 6.07) is 5.12. The second-order valence-electron chi connectivity index (χ2n) is 4.76. The Morgan fingerprint density at radius 2 is 2.17 bits per heavy atom. The summed E-state index contributed by atoms with van der Waals surface area (Å²) in [5.74, 6) is 0.689. The number of aromatic nitrogens is 6. The number of amides is 2. The topological polar surface area (TPSA) is 103 Å². The zero-order valence-electron chi connectivity index (χ0n) is 12.3. The Labute approximate surface area is 132 Å². The molecule has 3 heterocycles. The molecule has 0 spiro atoms. The van der Waals surface area contributed by atoms with E-state index >= 15 is 0 Å². The maximum Gasteiger partial charge on any atom is 0.319 e. The number of urea groups is 1. The summed E-state index contributed by atoms with van der Waals surface area (Å²) in [5.41, 5.74) is 0.620. The molecule has 3 aromatic heterocycles. The molecule has 0 saturated carbocycles. The van der Waals surface area contributed by atoms with Gasteiger partial charge < -0.3 is 10.6 Å². The minimum atomic E-state index is -0.266. The molecule has 23 heavy (non-hydrogen) atoms. The molecule has 0 fully saturated rings. The molecule has 0 atom stereocenters. The van der Waals surface area contributed by atoms with Crippen LogP contribution in [-0.2, 0) is 6.54 Å². The fraction of sp³-hybridized carbons (Fsp3) is 0.214. The summed E-state index contributed by atoms with van der Waals surface area (Å²) in [4.78, 5) is 16.0. The Kier molecular flexibility index (Phi) is 4.58. The van der Waals surface area contributed by atoms with Crippen molar-refractivity contribution in [2.45, 2.75) is 13.0 Å². The Balaban J connectivity index is 1.42. The van der Waals surface area contributed by atoms with Gasteiger partial charge in [-0.2, -0.15) is 5.10 Å². The van der Waals surface area contributed by atoms with Gasteiger partial charge in [-0.3, -0.25) is 4.68 Å². The third kappa shape index (κ3) is 4.13. The average molecular weight is 312 g/mol. The normalized spacial score (nSPS) is 10.4. The monoisotopic (exact) mass is 312 g/mol. The predicted molar refractivity (Wildman–Crippen MR) is 83.0 cm³/mol. The molecule has 118 valence electrons. The van der Waals surface area contributed by atoms with Crippen LogP contribution in [0.4, 0.5) is 10.5 Å². The first-order valence-corrected chi connectivity index (χ1v) is 7.16. The number of anilines is 1. The molecule has 3 rings (SSSR count). The molecule has 2 amide bonds. The van der Waals surface area contributed by atoms with E-state index in [9.17, 15) is 4.79 Å². The van der Waals surface area contributed by atoms with E-state index in [4.69, 9.17) is 0 Å². The highest BCUT2D eigenvalue weighted by atomic mass is 16.2. The number of aryl methyl sites for hydroxylation is 1. The van der Waals surface area contributed by atoms with Gasteiger partial charge in [-0.05, 0) is 24.6 Å². The maximum atomic E-state index is 11.8. The summed E-state index contributed by atoms with van der Waals surface area (Å²) < 4.78 is 3.37. The van der Waals surface area contributed by atoms with E-state index in [2.05, 4.69) is 31.0 Å². The van der Waals surface area contributed by atoms with Gasteiger partial charge in [0.05, 0.1) is 18.1 Å². The van der Waals surface area contributed by atoms with Gasteiger partial charge in [-0.25, -0.2) is 14.5 Å². The number of nitrogens with one attached hydrogen (secondary N) is 2. The molecule has 2 N–H and O–H groups in total. The van der Waals surface area contributed by atoms with Crippen LogP contribution < -0.4 is 10.6 Å². The minimum absolute atomic E-state index is 0.266. The van der Waals surface area contributed by atoms with E-state index < -0.39 is 0 Å². The molecule has 0 aromatic carbocycles. The van der Waals surface area contributed by atoms with Crippen LogP contribution in [0.25, 0.3) is 5.82 Å². The lowest BCUT2D eigenvalue weighted by Gasteiger charge is -2.08. The van der Waals surface area contributed by atoms with E-state index in [0.717, 1.165) is 6.42 Å². The minimum Gasteiger partial charge on any atom is -0.338 e. The smallest absolute Gasteiger partial charge is 0.319 e. The lowest BCUT2D eigenvalue weighted by Crippen LogP contribution is -2.30. The molecule has 0 aliphatic carbocycles. The summed E-state index contributed by atoms with van der Waals surface area (Å²) in [6.07, 6.45) is 9.25. The third-order valence-corrected chi connectivity index (χ3v) is 3.07. The number of carbonyl (C=O) groups excluding carboxylic acids is 1. The molecule has 0 aliphatic rings. The van der Waals surface area contributed by atoms with Gasteiger partial charge >= 0.3 is 6.03 Å². The Bertz CT molecular complexity index is 721. The summed E-state index contributed by atoms with van der Waals surface area (Å²) in [7, 11) is 0. The lowest BCUT2D eigenvalue weighted by molar-refractivity contribution is 0.251. The first kappa shape index (κ1) is 14.7. The van der Waals surface area contributed by atoms with Gasteiger partial charge in [0.25, 0.3) is 0 Å². The molecule has 9 heteroatoms. The molecule has 0 unspecified atom stereocenters. The molecule has 0 aliphatic heterocycles. The van der Waals surface area contributed by atoms with Gasteiger partial charge in [0, 0.05) is 31.7 Å². The first-order chi connectivity index (χ1) is 11.3. The predicted octanol–water partition coefficient (Wildman–Crippen LogP) is 1.07. The van der Waals surface area contributed by atoms with Crippen LogP contribution in [0.3, 0.4) is 0 Å². The largest absolute Gasteiger partial charge is 0.338 e. The van der Waals surface area contributed by atoms with Crippen molar-refractivity contribution < 1.29 is 4.79 Å². The molecular weight excluding hydrogens is 296 g/mol. The Morgan fingerprint density at radius 3 is 2.87 bits per heavy atom. The Hall–Kier alpha value is -3.23. The van der Waals surface area contributed by atoms with Gasteiger partial charge in [0.2, 0.25) is 0 Å². The van der Waals surface area contributed by atoms with Crippen LogP contribution in [0.15, 0.2) is 49.2 Å². The number of rotatable bonds is 6. The molecule has 3 aromatic rings. The number of hydrogen-bond acceptors (Lipinski definition) is 5. The number of pyridine rings is 1. The fourth-order valence-electron chi connectivity index (χ4n) is 1.97. The molecule has 9 nitrogen and oxygen atoms in total. The van der Waals surface area contributed by atoms with Gasteiger partial charge in [-0.1, -0.05) is 5.21 Å². The Morgan fingerprint density at radius 1 is 1.22 bits per heavy atom. The maximum absolute atomic E-state index is 11.8. The van der Waals surface area contributed by atoms with E-state index in [1.54, 1.807) is 52.5 Å². The standard InChI is InChI=1S/C14H16N8O/c23-14(15-5-1-8-21-10-7-17-20-21)19-12-3-4-13(16-11-12)22-9-2-6-18-22/h2-4,6-7,9-11H,1,5,8H2,(H2,15,19,23). The van der Waals surface area contributed by atoms with Gasteiger partial charge in [0.1, 0.15) is 0 Å². The van der Waals surface area contributed by atoms with Crippen LogP contribution >= 0.6 is 0 Å². The summed E-state index contributed by atoms with van der Waals surface area (Å²) in [6.45, 7) is 1.25. The van der Waals surface area contributed by atoms with E-state index in [-0.39, 0.29) is 6.03 Å². The van der Waals surface area contributed by atoms with Crippen LogP contribution in [0.1, 0.15) is 6.42 Å². The lowest BCUT2D eigenvalue weighted by atomic mass is 10.4. The second-order valence-corrected chi connectivity index (χ2v) is 4.76. The van der Waals surface area contributed by atoms with Crippen LogP contribution in [0.2, 0.25) is 0 Å². The highest BCUT2D eigenvalue weighted by molar-refractivity contribution is 5.88. The molecule has 0 bridgehead atoms. The van der Waals surface area contributed by atoms with Crippen molar-refractivity contribution in [1.82, 2.24) is 35.1 Å². The van der Waals surface area contributed by atoms with Crippen molar-refractivity contribution in [1.29, 1.82) is 0 Å². The SMILES string of the molecule is O=C(NCCCn1ccnn1)Nc1ccc(-n2cccn2)nc1. The second kappa shape index (κ2) is 7.16. The van der Waals surface area contributed by atoms with Crippen molar-refractivity contribution in [3.8, 4) is 5.82 Å². The third-order valence-electron chi connectivity index (χ3n) is 3.07. The summed E-state index contributed by atoms with van der Waals surface area (Å²) in [5, 5.41) is 17.2. The van der Waals surface area contributed by atoms with Crippen LogP contribution in [-0.4, -0.2) is 42.3 Å². The average Bonchev–Trinajstić information content (AvgIpc) is 3.26. The highest BCUT2D eigenvalue weighted by Gasteiger charge is 2.03. The highest BCUT2D eigenvalue weighted by Crippen LogP contribution is 2.08. The molecular formula is C14H16N8O. The van der Waals surface area contributed by atoms with Crippen LogP contribution in [0.5, 0.6) is 0 Å². The first-order valence-electron chi connectivity index (χ1n) is 7.16. The van der Waals surface area contributed by atoms with E-state index in [1.807, 2.05) is 6.07 Å². The number of nitrogens with zero attached hydrogens (tertiary/aromatic N) is 6. The van der Waals surface area contributed by atoms with Crippen molar-refractivity contribution in [2.24, 2.45) is 0 Å². The van der Waals surface area contributed by atoms with Crippen molar-refractivity contribution in [3.05, 3.63) is 49.2 Å².